The van der Waals surface area contributed by atoms with Gasteiger partial charge in [0.05, 0.1) is 5.52 Å². The zero-order chi connectivity index (χ0) is 15.9. The summed E-state index contributed by atoms with van der Waals surface area (Å²) in [5.41, 5.74) is 4.72. The second-order valence-electron chi connectivity index (χ2n) is 5.77. The third kappa shape index (κ3) is 2.69. The van der Waals surface area contributed by atoms with E-state index in [9.17, 15) is 4.79 Å². The second-order valence-corrected chi connectivity index (χ2v) is 6.89. The van der Waals surface area contributed by atoms with Gasteiger partial charge in [0, 0.05) is 28.3 Å². The molecule has 3 aromatic rings. The molecule has 1 aromatic heterocycles. The van der Waals surface area contributed by atoms with Gasteiger partial charge in [0.1, 0.15) is 0 Å². The van der Waals surface area contributed by atoms with Crippen LogP contribution in [0.2, 0.25) is 0 Å². The number of pyridine rings is 1. The fourth-order valence-corrected chi connectivity index (χ4v) is 3.46. The van der Waals surface area contributed by atoms with E-state index in [1.54, 1.807) is 22.4 Å². The summed E-state index contributed by atoms with van der Waals surface area (Å²) in [7, 11) is 1.83. The van der Waals surface area contributed by atoms with Crippen molar-refractivity contribution in [3.8, 4) is 0 Å². The van der Waals surface area contributed by atoms with E-state index < -0.39 is 0 Å². The molecule has 1 heterocycles. The van der Waals surface area contributed by atoms with Gasteiger partial charge in [-0.15, -0.1) is 0 Å². The molecule has 0 aliphatic heterocycles. The first-order chi connectivity index (χ1) is 10.5. The number of hydrogen-bond acceptors (Lipinski definition) is 2. The molecule has 3 rings (SSSR count). The van der Waals surface area contributed by atoms with Crippen LogP contribution in [0.4, 0.5) is 0 Å². The van der Waals surface area contributed by atoms with E-state index >= 15 is 0 Å². The summed E-state index contributed by atoms with van der Waals surface area (Å²) in [6.07, 6.45) is 0. The van der Waals surface area contributed by atoms with Gasteiger partial charge in [-0.2, -0.15) is 0 Å². The normalized spacial score (nSPS) is 11.1. The van der Waals surface area contributed by atoms with Crippen molar-refractivity contribution >= 4 is 22.7 Å². The van der Waals surface area contributed by atoms with Gasteiger partial charge in [0.2, 0.25) is 0 Å². The zero-order valence-electron chi connectivity index (χ0n) is 13.3. The van der Waals surface area contributed by atoms with Crippen LogP contribution in [0.25, 0.3) is 10.9 Å². The second kappa shape index (κ2) is 5.65. The Labute approximate surface area is 134 Å². The number of hydrogen-bond donors (Lipinski definition) is 0. The van der Waals surface area contributed by atoms with Gasteiger partial charge >= 0.3 is 0 Å². The van der Waals surface area contributed by atoms with Crippen LogP contribution in [-0.4, -0.2) is 4.57 Å². The van der Waals surface area contributed by atoms with Crippen LogP contribution >= 0.6 is 11.8 Å². The molecule has 0 saturated heterocycles. The lowest BCUT2D eigenvalue weighted by Gasteiger charge is -2.12. The molecule has 0 spiro atoms. The van der Waals surface area contributed by atoms with E-state index in [-0.39, 0.29) is 5.56 Å². The number of aryl methyl sites for hydroxylation is 4. The van der Waals surface area contributed by atoms with Crippen molar-refractivity contribution in [3.05, 3.63) is 69.5 Å². The van der Waals surface area contributed by atoms with E-state index in [0.717, 1.165) is 20.7 Å². The van der Waals surface area contributed by atoms with Crippen LogP contribution in [0, 0.1) is 20.8 Å². The van der Waals surface area contributed by atoms with E-state index in [1.807, 2.05) is 7.05 Å². The van der Waals surface area contributed by atoms with Crippen LogP contribution in [-0.2, 0) is 7.05 Å². The van der Waals surface area contributed by atoms with Crippen LogP contribution in [0.15, 0.2) is 57.1 Å². The van der Waals surface area contributed by atoms with Crippen LogP contribution in [0.1, 0.15) is 16.7 Å². The fourth-order valence-electron chi connectivity index (χ4n) is 2.50. The standard InChI is InChI=1S/C19H19NOS/c1-12-5-7-15(8-6-12)22-18-11-19(21)20(4)17-10-14(3)13(2)9-16(17)18/h5-11H,1-4H3. The molecule has 0 fully saturated rings. The number of nitrogens with zero attached hydrogens (tertiary/aromatic N) is 1. The molecular formula is C19H19NOS. The molecule has 2 aromatic carbocycles. The Hall–Kier alpha value is -2.00. The quantitative estimate of drug-likeness (QED) is 0.689. The predicted molar refractivity (Wildman–Crippen MR) is 94.0 cm³/mol. The summed E-state index contributed by atoms with van der Waals surface area (Å²) in [5, 5.41) is 1.13. The molecule has 0 N–H and O–H groups in total. The molecule has 0 amide bonds. The van der Waals surface area contributed by atoms with E-state index in [2.05, 4.69) is 57.2 Å². The molecule has 0 atom stereocenters. The molecule has 0 aliphatic rings. The predicted octanol–water partition coefficient (Wildman–Crippen LogP) is 4.61. The van der Waals surface area contributed by atoms with Gasteiger partial charge < -0.3 is 4.57 Å². The van der Waals surface area contributed by atoms with Crippen LogP contribution in [0.5, 0.6) is 0 Å². The first kappa shape index (κ1) is 14.9. The Balaban J connectivity index is 2.20. The smallest absolute Gasteiger partial charge is 0.251 e. The highest BCUT2D eigenvalue weighted by molar-refractivity contribution is 7.99. The molecule has 0 bridgehead atoms. The molecule has 0 radical (unpaired) electrons. The van der Waals surface area contributed by atoms with Crippen molar-refractivity contribution in [2.75, 3.05) is 0 Å². The van der Waals surface area contributed by atoms with Crippen molar-refractivity contribution in [2.24, 2.45) is 7.05 Å². The van der Waals surface area contributed by atoms with Crippen molar-refractivity contribution in [3.63, 3.8) is 0 Å². The lowest BCUT2D eigenvalue weighted by Crippen LogP contribution is -2.16. The number of benzene rings is 2. The highest BCUT2D eigenvalue weighted by Crippen LogP contribution is 2.33. The molecular weight excluding hydrogens is 290 g/mol. The molecule has 0 aliphatic carbocycles. The maximum absolute atomic E-state index is 12.2. The first-order valence-electron chi connectivity index (χ1n) is 7.31. The van der Waals surface area contributed by atoms with Gasteiger partial charge in [-0.3, -0.25) is 4.79 Å². The summed E-state index contributed by atoms with van der Waals surface area (Å²) in [6.45, 7) is 6.27. The monoisotopic (exact) mass is 309 g/mol. The van der Waals surface area contributed by atoms with Gasteiger partial charge in [-0.25, -0.2) is 0 Å². The largest absolute Gasteiger partial charge is 0.311 e. The minimum Gasteiger partial charge on any atom is -0.311 e. The maximum Gasteiger partial charge on any atom is 0.251 e. The van der Waals surface area contributed by atoms with E-state index in [0.29, 0.717) is 0 Å². The summed E-state index contributed by atoms with van der Waals surface area (Å²) >= 11 is 1.65. The summed E-state index contributed by atoms with van der Waals surface area (Å²) < 4.78 is 1.72. The lowest BCUT2D eigenvalue weighted by molar-refractivity contribution is 0.897. The molecule has 22 heavy (non-hydrogen) atoms. The topological polar surface area (TPSA) is 22.0 Å². The number of aromatic nitrogens is 1. The van der Waals surface area contributed by atoms with Gasteiger partial charge in [-0.1, -0.05) is 29.5 Å². The third-order valence-electron chi connectivity index (χ3n) is 4.07. The molecule has 0 saturated carbocycles. The molecule has 2 nitrogen and oxygen atoms in total. The zero-order valence-corrected chi connectivity index (χ0v) is 14.1. The first-order valence-corrected chi connectivity index (χ1v) is 8.13. The molecule has 112 valence electrons. The van der Waals surface area contributed by atoms with E-state index in [4.69, 9.17) is 0 Å². The van der Waals surface area contributed by atoms with Crippen LogP contribution < -0.4 is 5.56 Å². The van der Waals surface area contributed by atoms with Crippen molar-refractivity contribution < 1.29 is 0 Å². The minimum atomic E-state index is 0.0327. The Bertz CT molecular complexity index is 907. The van der Waals surface area contributed by atoms with E-state index in [1.165, 1.54) is 16.7 Å². The lowest BCUT2D eigenvalue weighted by atomic mass is 10.1. The SMILES string of the molecule is Cc1ccc(Sc2cc(=O)n(C)c3cc(C)c(C)cc23)cc1. The summed E-state index contributed by atoms with van der Waals surface area (Å²) in [5.74, 6) is 0. The molecule has 0 unspecified atom stereocenters. The highest BCUT2D eigenvalue weighted by atomic mass is 32.2. The Morgan fingerprint density at radius 1 is 0.909 bits per heavy atom. The number of fused-ring (bicyclic) bond motifs is 1. The Kier molecular flexibility index (Phi) is 3.83. The average molecular weight is 309 g/mol. The summed E-state index contributed by atoms with van der Waals surface area (Å²) in [4.78, 5) is 14.4. The van der Waals surface area contributed by atoms with Gasteiger partial charge in [0.25, 0.3) is 5.56 Å². The summed E-state index contributed by atoms with van der Waals surface area (Å²) in [6, 6.07) is 14.4. The minimum absolute atomic E-state index is 0.0327. The van der Waals surface area contributed by atoms with Gasteiger partial charge in [0.15, 0.2) is 0 Å². The fraction of sp³-hybridized carbons (Fsp3) is 0.211. The van der Waals surface area contributed by atoms with Crippen molar-refractivity contribution in [1.82, 2.24) is 4.57 Å². The average Bonchev–Trinajstić information content (AvgIpc) is 2.49. The van der Waals surface area contributed by atoms with Crippen LogP contribution in [0.3, 0.4) is 0 Å². The third-order valence-corrected chi connectivity index (χ3v) is 5.14. The highest BCUT2D eigenvalue weighted by Gasteiger charge is 2.10. The molecule has 3 heteroatoms. The Morgan fingerprint density at radius 2 is 1.55 bits per heavy atom. The number of rotatable bonds is 2. The Morgan fingerprint density at radius 3 is 2.23 bits per heavy atom. The van der Waals surface area contributed by atoms with Crippen molar-refractivity contribution in [1.29, 1.82) is 0 Å². The van der Waals surface area contributed by atoms with Crippen molar-refractivity contribution in [2.45, 2.75) is 30.6 Å². The maximum atomic E-state index is 12.2. The van der Waals surface area contributed by atoms with Gasteiger partial charge in [-0.05, 0) is 56.2 Å².